The third-order valence-electron chi connectivity index (χ3n) is 3.23. The molecule has 1 unspecified atom stereocenters. The Labute approximate surface area is 116 Å². The van der Waals surface area contributed by atoms with Crippen molar-refractivity contribution >= 4 is 17.0 Å². The van der Waals surface area contributed by atoms with Gasteiger partial charge in [-0.2, -0.15) is 17.6 Å². The van der Waals surface area contributed by atoms with Crippen LogP contribution in [0.4, 0.5) is 17.6 Å². The van der Waals surface area contributed by atoms with Gasteiger partial charge in [0.05, 0.1) is 18.9 Å². The van der Waals surface area contributed by atoms with Crippen molar-refractivity contribution in [1.82, 2.24) is 0 Å². The zero-order chi connectivity index (χ0) is 15.4. The summed E-state index contributed by atoms with van der Waals surface area (Å²) in [4.78, 5) is 11.5. The first-order valence-electron chi connectivity index (χ1n) is 6.20. The molecule has 1 aliphatic rings. The van der Waals surface area contributed by atoms with Gasteiger partial charge >= 0.3 is 17.1 Å². The maximum atomic E-state index is 13.0. The van der Waals surface area contributed by atoms with Crippen LogP contribution in [0, 0.1) is 5.92 Å². The Hall–Kier alpha value is -0.700. The molecular weight excluding hydrogens is 304 g/mol. The number of hydrogen-bond donors (Lipinski definition) is 0. The lowest BCUT2D eigenvalue weighted by atomic mass is 9.89. The lowest BCUT2D eigenvalue weighted by molar-refractivity contribution is -0.174. The summed E-state index contributed by atoms with van der Waals surface area (Å²) in [5, 5.41) is -5.18. The summed E-state index contributed by atoms with van der Waals surface area (Å²) in [6, 6.07) is 0. The number of rotatable bonds is 6. The third kappa shape index (κ3) is 4.15. The van der Waals surface area contributed by atoms with Crippen molar-refractivity contribution in [2.75, 3.05) is 6.61 Å². The minimum Gasteiger partial charge on any atom is -0.768 e. The zero-order valence-corrected chi connectivity index (χ0v) is 11.4. The highest BCUT2D eigenvalue weighted by Crippen LogP contribution is 2.39. The van der Waals surface area contributed by atoms with Crippen molar-refractivity contribution in [2.45, 2.75) is 49.7 Å². The van der Waals surface area contributed by atoms with E-state index in [0.29, 0.717) is 12.8 Å². The maximum Gasteiger partial charge on any atom is 0.371 e. The molecule has 0 bridgehead atoms. The molecule has 1 atom stereocenters. The van der Waals surface area contributed by atoms with E-state index in [4.69, 9.17) is 0 Å². The van der Waals surface area contributed by atoms with E-state index in [1.54, 1.807) is 0 Å². The first kappa shape index (κ1) is 17.4. The Morgan fingerprint density at radius 1 is 1.20 bits per heavy atom. The number of carbonyl (C=O) groups is 1. The number of esters is 1. The zero-order valence-electron chi connectivity index (χ0n) is 10.6. The highest BCUT2D eigenvalue weighted by atomic mass is 32.2. The number of carbonyl (C=O) groups excluding carboxylic acids is 1. The molecule has 0 aromatic carbocycles. The number of alkyl halides is 4. The van der Waals surface area contributed by atoms with Crippen LogP contribution >= 0.6 is 0 Å². The van der Waals surface area contributed by atoms with Gasteiger partial charge < -0.3 is 9.29 Å². The molecule has 4 nitrogen and oxygen atoms in total. The van der Waals surface area contributed by atoms with Crippen LogP contribution in [0.3, 0.4) is 0 Å². The topological polar surface area (TPSA) is 66.4 Å². The Kier molecular flexibility index (Phi) is 5.93. The van der Waals surface area contributed by atoms with E-state index < -0.39 is 41.3 Å². The summed E-state index contributed by atoms with van der Waals surface area (Å²) in [6.45, 7) is -0.935. The standard InChI is InChI=1S/C11H16F4O4S/c12-10(13,11(14,15)20(17)18)6-7-19-9(16)8-4-2-1-3-5-8/h8H,1-7H2,(H,17,18)/p-1. The SMILES string of the molecule is O=C(OCCC(F)(F)C(F)(F)S(=O)[O-])C1CCCCC1. The molecule has 0 saturated heterocycles. The Morgan fingerprint density at radius 2 is 1.75 bits per heavy atom. The van der Waals surface area contributed by atoms with Crippen LogP contribution in [-0.2, 0) is 20.6 Å². The molecule has 1 fully saturated rings. The van der Waals surface area contributed by atoms with Crippen LogP contribution in [0.25, 0.3) is 0 Å². The first-order chi connectivity index (χ1) is 9.18. The minimum atomic E-state index is -5.18. The maximum absolute atomic E-state index is 13.0. The summed E-state index contributed by atoms with van der Waals surface area (Å²) in [6.07, 6.45) is 2.31. The number of hydrogen-bond acceptors (Lipinski definition) is 4. The Bertz CT molecular complexity index is 369. The molecular formula is C11H15F4O4S-. The van der Waals surface area contributed by atoms with Gasteiger partial charge in [-0.05, 0) is 12.8 Å². The van der Waals surface area contributed by atoms with E-state index in [1.807, 2.05) is 0 Å². The largest absolute Gasteiger partial charge is 0.768 e. The van der Waals surface area contributed by atoms with Gasteiger partial charge in [-0.3, -0.25) is 9.00 Å². The average molecular weight is 319 g/mol. The van der Waals surface area contributed by atoms with E-state index in [-0.39, 0.29) is 5.92 Å². The second-order valence-corrected chi connectivity index (χ2v) is 5.69. The smallest absolute Gasteiger partial charge is 0.371 e. The van der Waals surface area contributed by atoms with Gasteiger partial charge in [0.2, 0.25) is 0 Å². The summed E-state index contributed by atoms with van der Waals surface area (Å²) < 4.78 is 76.1. The summed E-state index contributed by atoms with van der Waals surface area (Å²) >= 11 is -4.24. The monoisotopic (exact) mass is 319 g/mol. The molecule has 20 heavy (non-hydrogen) atoms. The number of ether oxygens (including phenoxy) is 1. The molecule has 0 amide bonds. The van der Waals surface area contributed by atoms with Gasteiger partial charge in [0, 0.05) is 11.1 Å². The molecule has 0 aromatic rings. The van der Waals surface area contributed by atoms with Crippen molar-refractivity contribution in [2.24, 2.45) is 5.92 Å². The fourth-order valence-corrected chi connectivity index (χ4v) is 2.35. The van der Waals surface area contributed by atoms with E-state index in [9.17, 15) is 31.1 Å². The van der Waals surface area contributed by atoms with E-state index >= 15 is 0 Å². The fourth-order valence-electron chi connectivity index (χ4n) is 2.00. The molecule has 1 rings (SSSR count). The molecule has 118 valence electrons. The van der Waals surface area contributed by atoms with Crippen molar-refractivity contribution in [3.05, 3.63) is 0 Å². The normalized spacial score (nSPS) is 19.6. The quantitative estimate of drug-likeness (QED) is 0.429. The van der Waals surface area contributed by atoms with Crippen LogP contribution in [0.1, 0.15) is 38.5 Å². The molecule has 1 aliphatic carbocycles. The lowest BCUT2D eigenvalue weighted by Crippen LogP contribution is -2.44. The van der Waals surface area contributed by atoms with E-state index in [0.717, 1.165) is 19.3 Å². The van der Waals surface area contributed by atoms with Gasteiger partial charge in [0.25, 0.3) is 0 Å². The van der Waals surface area contributed by atoms with Gasteiger partial charge in [0.15, 0.2) is 0 Å². The minimum absolute atomic E-state index is 0.383. The van der Waals surface area contributed by atoms with E-state index in [1.165, 1.54) is 0 Å². The first-order valence-corrected chi connectivity index (χ1v) is 7.27. The van der Waals surface area contributed by atoms with Crippen molar-refractivity contribution in [1.29, 1.82) is 0 Å². The van der Waals surface area contributed by atoms with Gasteiger partial charge in [-0.15, -0.1) is 0 Å². The fraction of sp³-hybridized carbons (Fsp3) is 0.909. The van der Waals surface area contributed by atoms with Gasteiger partial charge in [-0.25, -0.2) is 0 Å². The Balaban J connectivity index is 2.42. The molecule has 0 aromatic heterocycles. The average Bonchev–Trinajstić information content (AvgIpc) is 2.39. The van der Waals surface area contributed by atoms with Crippen LogP contribution in [-0.4, -0.2) is 32.5 Å². The predicted molar refractivity (Wildman–Crippen MR) is 61.0 cm³/mol. The van der Waals surface area contributed by atoms with Crippen molar-refractivity contribution < 1.29 is 35.9 Å². The lowest BCUT2D eigenvalue weighted by Gasteiger charge is -2.28. The second kappa shape index (κ2) is 6.84. The molecule has 0 radical (unpaired) electrons. The molecule has 0 spiro atoms. The van der Waals surface area contributed by atoms with Gasteiger partial charge in [-0.1, -0.05) is 19.3 Å². The number of halogens is 4. The predicted octanol–water partition coefficient (Wildman–Crippen LogP) is 2.61. The summed E-state index contributed by atoms with van der Waals surface area (Å²) in [7, 11) is 0. The second-order valence-electron chi connectivity index (χ2n) is 4.71. The van der Waals surface area contributed by atoms with Crippen LogP contribution in [0.2, 0.25) is 0 Å². The van der Waals surface area contributed by atoms with Crippen LogP contribution in [0.15, 0.2) is 0 Å². The summed E-state index contributed by atoms with van der Waals surface area (Å²) in [5.41, 5.74) is 0. The summed E-state index contributed by atoms with van der Waals surface area (Å²) in [5.74, 6) is -5.84. The van der Waals surface area contributed by atoms with Crippen molar-refractivity contribution in [3.63, 3.8) is 0 Å². The molecule has 0 heterocycles. The molecule has 9 heteroatoms. The third-order valence-corrected chi connectivity index (χ3v) is 3.95. The highest BCUT2D eigenvalue weighted by molar-refractivity contribution is 7.80. The van der Waals surface area contributed by atoms with Crippen LogP contribution in [0.5, 0.6) is 0 Å². The van der Waals surface area contributed by atoms with E-state index in [2.05, 4.69) is 4.74 Å². The van der Waals surface area contributed by atoms with Crippen LogP contribution < -0.4 is 0 Å². The Morgan fingerprint density at radius 3 is 2.25 bits per heavy atom. The molecule has 1 saturated carbocycles. The molecule has 0 aliphatic heterocycles. The molecule has 0 N–H and O–H groups in total. The van der Waals surface area contributed by atoms with Crippen molar-refractivity contribution in [3.8, 4) is 0 Å². The van der Waals surface area contributed by atoms with Gasteiger partial charge in [0.1, 0.15) is 0 Å². The highest BCUT2D eigenvalue weighted by Gasteiger charge is 2.57.